The number of unbranched alkanes of at least 4 members (excludes halogenated alkanes) is 2. The summed E-state index contributed by atoms with van der Waals surface area (Å²) in [6.07, 6.45) is 1.11. The van der Waals surface area contributed by atoms with Crippen LogP contribution >= 0.6 is 0 Å². The summed E-state index contributed by atoms with van der Waals surface area (Å²) in [5.41, 5.74) is 0. The summed E-state index contributed by atoms with van der Waals surface area (Å²) in [5, 5.41) is 37.2. The van der Waals surface area contributed by atoms with Crippen LogP contribution in [0, 0.1) is 0 Å². The molecule has 28 heavy (non-hydrogen) atoms. The van der Waals surface area contributed by atoms with Crippen molar-refractivity contribution in [3.05, 3.63) is 36.4 Å². The molecular weight excluding hydrogens is 410 g/mol. The molecular formula is C17H21NO8S2. The summed E-state index contributed by atoms with van der Waals surface area (Å²) in [7, 11) is -7.49. The minimum atomic E-state index is -3.86. The van der Waals surface area contributed by atoms with Crippen LogP contribution in [-0.2, 0) is 19.9 Å². The lowest BCUT2D eigenvalue weighted by Gasteiger charge is -2.08. The summed E-state index contributed by atoms with van der Waals surface area (Å²) < 4.78 is 50.9. The highest BCUT2D eigenvalue weighted by molar-refractivity contribution is 7.91. The zero-order valence-corrected chi connectivity index (χ0v) is 16.4. The molecule has 154 valence electrons. The number of hydrogen-bond acceptors (Lipinski definition) is 8. The predicted molar refractivity (Wildman–Crippen MR) is 101 cm³/mol. The topological polar surface area (TPSA) is 161 Å². The van der Waals surface area contributed by atoms with Crippen LogP contribution in [0.4, 0.5) is 0 Å². The summed E-state index contributed by atoms with van der Waals surface area (Å²) in [6.45, 7) is 0.0734. The molecule has 0 aliphatic carbocycles. The van der Waals surface area contributed by atoms with Crippen molar-refractivity contribution in [1.29, 1.82) is 0 Å². The molecule has 0 unspecified atom stereocenters. The summed E-state index contributed by atoms with van der Waals surface area (Å²) in [4.78, 5) is -0.298. The van der Waals surface area contributed by atoms with Crippen LogP contribution in [0.2, 0.25) is 0 Å². The molecule has 2 rings (SSSR count). The quantitative estimate of drug-likeness (QED) is 0.294. The molecule has 0 bridgehead atoms. The van der Waals surface area contributed by atoms with Crippen molar-refractivity contribution < 1.29 is 37.3 Å². The van der Waals surface area contributed by atoms with E-state index in [9.17, 15) is 37.3 Å². The first-order valence-electron chi connectivity index (χ1n) is 8.29. The molecule has 0 fully saturated rings. The van der Waals surface area contributed by atoms with E-state index in [2.05, 4.69) is 4.72 Å². The van der Waals surface area contributed by atoms with Crippen LogP contribution in [0.5, 0.6) is 23.0 Å². The highest BCUT2D eigenvalue weighted by Gasteiger charge is 2.17. The van der Waals surface area contributed by atoms with Gasteiger partial charge in [-0.15, -0.1) is 0 Å². The lowest BCUT2D eigenvalue weighted by Crippen LogP contribution is -2.24. The van der Waals surface area contributed by atoms with Gasteiger partial charge in [-0.1, -0.05) is 6.42 Å². The van der Waals surface area contributed by atoms with Crippen LogP contribution in [0.15, 0.2) is 46.2 Å². The van der Waals surface area contributed by atoms with Crippen molar-refractivity contribution in [3.63, 3.8) is 0 Å². The first-order valence-corrected chi connectivity index (χ1v) is 11.4. The van der Waals surface area contributed by atoms with Gasteiger partial charge in [0.25, 0.3) is 0 Å². The van der Waals surface area contributed by atoms with Gasteiger partial charge in [0, 0.05) is 18.7 Å². The van der Waals surface area contributed by atoms with Crippen molar-refractivity contribution in [3.8, 4) is 23.0 Å². The predicted octanol–water partition coefficient (Wildman–Crippen LogP) is 1.43. The van der Waals surface area contributed by atoms with E-state index in [1.54, 1.807) is 0 Å². The number of nitrogens with one attached hydrogen (secondary N) is 1. The molecule has 9 nitrogen and oxygen atoms in total. The monoisotopic (exact) mass is 431 g/mol. The number of benzene rings is 2. The van der Waals surface area contributed by atoms with Crippen molar-refractivity contribution in [2.24, 2.45) is 0 Å². The van der Waals surface area contributed by atoms with Crippen LogP contribution in [0.25, 0.3) is 0 Å². The maximum Gasteiger partial charge on any atom is 0.240 e. The number of sulfonamides is 1. The highest BCUT2D eigenvalue weighted by atomic mass is 32.2. The summed E-state index contributed by atoms with van der Waals surface area (Å²) in [5.74, 6) is -2.09. The maximum atomic E-state index is 12.2. The smallest absolute Gasteiger partial charge is 0.240 e. The van der Waals surface area contributed by atoms with Gasteiger partial charge in [-0.25, -0.2) is 21.6 Å². The second-order valence-corrected chi connectivity index (χ2v) is 9.95. The number of phenols is 4. The highest BCUT2D eigenvalue weighted by Crippen LogP contribution is 2.28. The maximum absolute atomic E-state index is 12.2. The van der Waals surface area contributed by atoms with E-state index in [0.717, 1.165) is 30.3 Å². The van der Waals surface area contributed by atoms with Crippen molar-refractivity contribution in [1.82, 2.24) is 4.72 Å². The van der Waals surface area contributed by atoms with E-state index in [0.29, 0.717) is 12.8 Å². The van der Waals surface area contributed by atoms with Crippen molar-refractivity contribution in [2.45, 2.75) is 29.1 Å². The average Bonchev–Trinajstić information content (AvgIpc) is 2.62. The molecule has 2 aromatic carbocycles. The molecule has 0 heterocycles. The summed E-state index contributed by atoms with van der Waals surface area (Å²) in [6, 6.07) is 6.42. The van der Waals surface area contributed by atoms with Gasteiger partial charge in [0.15, 0.2) is 32.8 Å². The van der Waals surface area contributed by atoms with E-state index in [-0.39, 0.29) is 28.5 Å². The third-order valence-corrected chi connectivity index (χ3v) is 7.20. The van der Waals surface area contributed by atoms with Crippen LogP contribution in [0.3, 0.4) is 0 Å². The molecule has 0 saturated carbocycles. The average molecular weight is 431 g/mol. The minimum absolute atomic E-state index is 0.0734. The van der Waals surface area contributed by atoms with Crippen molar-refractivity contribution >= 4 is 19.9 Å². The van der Waals surface area contributed by atoms with Gasteiger partial charge >= 0.3 is 0 Å². The van der Waals surface area contributed by atoms with Gasteiger partial charge in [-0.05, 0) is 37.1 Å². The van der Waals surface area contributed by atoms with Gasteiger partial charge in [0.05, 0.1) is 15.5 Å². The molecule has 0 aliphatic rings. The van der Waals surface area contributed by atoms with E-state index >= 15 is 0 Å². The first kappa shape index (κ1) is 21.8. The van der Waals surface area contributed by atoms with Gasteiger partial charge in [-0.2, -0.15) is 0 Å². The third kappa shape index (κ3) is 5.50. The van der Waals surface area contributed by atoms with Crippen molar-refractivity contribution in [2.75, 3.05) is 12.3 Å². The fourth-order valence-electron chi connectivity index (χ4n) is 2.37. The number of phenolic OH excluding ortho intramolecular Hbond substituents is 4. The molecule has 2 aromatic rings. The van der Waals surface area contributed by atoms with E-state index in [4.69, 9.17) is 0 Å². The fourth-order valence-corrected chi connectivity index (χ4v) is 4.85. The Morgan fingerprint density at radius 3 is 1.79 bits per heavy atom. The number of hydrogen-bond donors (Lipinski definition) is 5. The molecule has 0 radical (unpaired) electrons. The SMILES string of the molecule is O=S(=O)(CCCCCNS(=O)(=O)c1ccc(O)c(O)c1)c1ccc(O)c(O)c1. The van der Waals surface area contributed by atoms with Gasteiger partial charge < -0.3 is 20.4 Å². The number of rotatable bonds is 9. The summed E-state index contributed by atoms with van der Waals surface area (Å²) >= 11 is 0. The van der Waals surface area contributed by atoms with Crippen LogP contribution in [0.1, 0.15) is 19.3 Å². The van der Waals surface area contributed by atoms with Gasteiger partial charge in [0.2, 0.25) is 10.0 Å². The Morgan fingerprint density at radius 2 is 1.21 bits per heavy atom. The normalized spacial score (nSPS) is 12.1. The van der Waals surface area contributed by atoms with Gasteiger partial charge in [-0.3, -0.25) is 0 Å². The Bertz CT molecular complexity index is 963. The lowest BCUT2D eigenvalue weighted by atomic mass is 10.2. The molecule has 0 amide bonds. The minimum Gasteiger partial charge on any atom is -0.504 e. The zero-order valence-electron chi connectivity index (χ0n) is 14.7. The largest absolute Gasteiger partial charge is 0.504 e. The molecule has 0 atom stereocenters. The standard InChI is InChI=1S/C17H21NO8S2/c19-14-6-4-12(10-16(14)21)27(23,24)9-3-1-2-8-18-28(25,26)13-5-7-15(20)17(22)11-13/h4-7,10-11,18-22H,1-3,8-9H2. The molecule has 11 heteroatoms. The van der Waals surface area contributed by atoms with Crippen LogP contribution in [-0.4, -0.2) is 49.6 Å². The van der Waals surface area contributed by atoms with Crippen LogP contribution < -0.4 is 4.72 Å². The second kappa shape index (κ2) is 8.67. The Hall–Kier alpha value is -2.50. The van der Waals surface area contributed by atoms with E-state index in [1.807, 2.05) is 0 Å². The third-order valence-electron chi connectivity index (χ3n) is 3.95. The number of aromatic hydroxyl groups is 4. The Morgan fingerprint density at radius 1 is 0.679 bits per heavy atom. The second-order valence-electron chi connectivity index (χ2n) is 6.08. The molecule has 0 aliphatic heterocycles. The number of sulfone groups is 1. The lowest BCUT2D eigenvalue weighted by molar-refractivity contribution is 0.402. The first-order chi connectivity index (χ1) is 13.0. The van der Waals surface area contributed by atoms with E-state index in [1.165, 1.54) is 6.07 Å². The zero-order chi connectivity index (χ0) is 20.9. The molecule has 0 aromatic heterocycles. The Balaban J connectivity index is 1.81. The van der Waals surface area contributed by atoms with Gasteiger partial charge in [0.1, 0.15) is 0 Å². The molecule has 0 saturated heterocycles. The molecule has 5 N–H and O–H groups in total. The Kier molecular flexibility index (Phi) is 6.75. The van der Waals surface area contributed by atoms with E-state index < -0.39 is 42.9 Å². The Labute approximate surface area is 162 Å². The fraction of sp³-hybridized carbons (Fsp3) is 0.294. The molecule has 0 spiro atoms.